The zero-order chi connectivity index (χ0) is 22.8. The Labute approximate surface area is 198 Å². The first-order chi connectivity index (χ1) is 15.3. The van der Waals surface area contributed by atoms with Crippen LogP contribution in [0.25, 0.3) is 0 Å². The first-order valence-electron chi connectivity index (χ1n) is 9.32. The monoisotopic (exact) mass is 485 g/mol. The lowest BCUT2D eigenvalue weighted by Gasteiger charge is -2.17. The molecule has 6 nitrogen and oxygen atoms in total. The second-order valence-corrected chi connectivity index (χ2v) is 7.97. The Kier molecular flexibility index (Phi) is 6.19. The molecule has 0 unspecified atom stereocenters. The minimum atomic E-state index is -0.720. The summed E-state index contributed by atoms with van der Waals surface area (Å²) in [5.74, 6) is -1.67. The number of nitrogens with one attached hydrogen (secondary N) is 2. The fraction of sp³-hybridized carbons (Fsp3) is 0. The molecular weight excluding hydrogens is 473 g/mol. The lowest BCUT2D eigenvalue weighted by Crippen LogP contribution is -2.32. The van der Waals surface area contributed by atoms with Crippen LogP contribution in [0.2, 0.25) is 10.0 Å². The van der Waals surface area contributed by atoms with Crippen molar-refractivity contribution in [3.8, 4) is 0 Å². The van der Waals surface area contributed by atoms with Crippen LogP contribution in [0, 0.1) is 0 Å². The molecule has 4 rings (SSSR count). The number of hydrogen-bond acceptors (Lipinski definition) is 4. The highest BCUT2D eigenvalue weighted by molar-refractivity contribution is 6.54. The number of anilines is 3. The predicted molar refractivity (Wildman–Crippen MR) is 126 cm³/mol. The Balaban J connectivity index is 1.51. The van der Waals surface area contributed by atoms with Crippen molar-refractivity contribution < 1.29 is 14.4 Å². The SMILES string of the molecule is O=C(Nc1ccccc1)c1ccc(NC2=C(Cl)C(=O)N(c3cc(Cl)ccc3Cl)C2=O)cc1. The first-order valence-corrected chi connectivity index (χ1v) is 10.5. The summed E-state index contributed by atoms with van der Waals surface area (Å²) >= 11 is 18.3. The molecule has 3 aromatic carbocycles. The quantitative estimate of drug-likeness (QED) is 0.455. The zero-order valence-corrected chi connectivity index (χ0v) is 18.5. The minimum Gasteiger partial charge on any atom is -0.350 e. The molecule has 0 atom stereocenters. The number of imide groups is 1. The summed E-state index contributed by atoms with van der Waals surface area (Å²) in [6.07, 6.45) is 0. The Bertz CT molecular complexity index is 1260. The van der Waals surface area contributed by atoms with Gasteiger partial charge in [-0.05, 0) is 54.6 Å². The van der Waals surface area contributed by atoms with Gasteiger partial charge in [-0.1, -0.05) is 53.0 Å². The van der Waals surface area contributed by atoms with Crippen LogP contribution in [0.4, 0.5) is 17.1 Å². The average molecular weight is 487 g/mol. The van der Waals surface area contributed by atoms with Gasteiger partial charge >= 0.3 is 0 Å². The molecular formula is C23H14Cl3N3O3. The van der Waals surface area contributed by atoms with E-state index in [2.05, 4.69) is 10.6 Å². The van der Waals surface area contributed by atoms with E-state index in [1.54, 1.807) is 42.5 Å². The summed E-state index contributed by atoms with van der Waals surface area (Å²) in [6.45, 7) is 0. The van der Waals surface area contributed by atoms with E-state index in [-0.39, 0.29) is 27.3 Å². The lowest BCUT2D eigenvalue weighted by molar-refractivity contribution is -0.120. The second-order valence-electron chi connectivity index (χ2n) is 6.75. The predicted octanol–water partition coefficient (Wildman–Crippen LogP) is 5.68. The fourth-order valence-corrected chi connectivity index (χ4v) is 3.64. The van der Waals surface area contributed by atoms with Crippen LogP contribution in [0.15, 0.2) is 83.5 Å². The van der Waals surface area contributed by atoms with Gasteiger partial charge in [-0.2, -0.15) is 0 Å². The van der Waals surface area contributed by atoms with Crippen LogP contribution >= 0.6 is 34.8 Å². The van der Waals surface area contributed by atoms with E-state index < -0.39 is 11.8 Å². The van der Waals surface area contributed by atoms with E-state index in [9.17, 15) is 14.4 Å². The lowest BCUT2D eigenvalue weighted by atomic mass is 10.2. The van der Waals surface area contributed by atoms with Crippen LogP contribution in [0.1, 0.15) is 10.4 Å². The summed E-state index contributed by atoms with van der Waals surface area (Å²) in [6, 6.07) is 19.9. The maximum absolute atomic E-state index is 12.9. The molecule has 2 N–H and O–H groups in total. The van der Waals surface area contributed by atoms with Gasteiger partial charge in [-0.25, -0.2) is 4.90 Å². The van der Waals surface area contributed by atoms with Crippen molar-refractivity contribution in [1.29, 1.82) is 0 Å². The van der Waals surface area contributed by atoms with Crippen LogP contribution in [0.3, 0.4) is 0 Å². The molecule has 0 saturated carbocycles. The molecule has 9 heteroatoms. The Morgan fingerprint density at radius 2 is 1.47 bits per heavy atom. The number of rotatable bonds is 5. The maximum Gasteiger partial charge on any atom is 0.283 e. The van der Waals surface area contributed by atoms with Gasteiger partial charge in [0.15, 0.2) is 0 Å². The second kappa shape index (κ2) is 9.04. The maximum atomic E-state index is 12.9. The molecule has 0 radical (unpaired) electrons. The average Bonchev–Trinajstić information content (AvgIpc) is 3.00. The number of para-hydroxylation sites is 1. The van der Waals surface area contributed by atoms with E-state index in [4.69, 9.17) is 34.8 Å². The van der Waals surface area contributed by atoms with Crippen molar-refractivity contribution in [2.24, 2.45) is 0 Å². The Hall–Kier alpha value is -3.32. The van der Waals surface area contributed by atoms with E-state index in [0.29, 0.717) is 22.0 Å². The molecule has 0 aromatic heterocycles. The molecule has 0 bridgehead atoms. The van der Waals surface area contributed by atoms with Gasteiger partial charge in [0.25, 0.3) is 17.7 Å². The third kappa shape index (κ3) is 4.34. The topological polar surface area (TPSA) is 78.5 Å². The number of hydrogen-bond donors (Lipinski definition) is 2. The van der Waals surface area contributed by atoms with Crippen LogP contribution in [-0.2, 0) is 9.59 Å². The van der Waals surface area contributed by atoms with Gasteiger partial charge in [0.05, 0.1) is 10.7 Å². The highest BCUT2D eigenvalue weighted by Crippen LogP contribution is 2.35. The fourth-order valence-electron chi connectivity index (χ4n) is 3.06. The molecule has 0 fully saturated rings. The number of amides is 3. The molecule has 0 aliphatic carbocycles. The summed E-state index contributed by atoms with van der Waals surface area (Å²) < 4.78 is 0. The third-order valence-corrected chi connectivity index (χ3v) is 5.53. The first kappa shape index (κ1) is 21.9. The standard InChI is InChI=1S/C23H14Cl3N3O3/c24-14-8-11-17(25)18(12-14)29-22(31)19(26)20(23(29)32)27-16-9-6-13(7-10-16)21(30)28-15-4-2-1-3-5-15/h1-12,27H,(H,28,30). The van der Waals surface area contributed by atoms with Gasteiger partial charge in [0.2, 0.25) is 0 Å². The number of nitrogens with zero attached hydrogens (tertiary/aromatic N) is 1. The number of carbonyl (C=O) groups is 3. The van der Waals surface area contributed by atoms with Crippen LogP contribution in [0.5, 0.6) is 0 Å². The minimum absolute atomic E-state index is 0.103. The molecule has 1 aliphatic heterocycles. The van der Waals surface area contributed by atoms with Crippen LogP contribution < -0.4 is 15.5 Å². The summed E-state index contributed by atoms with van der Waals surface area (Å²) in [7, 11) is 0. The molecule has 0 saturated heterocycles. The van der Waals surface area contributed by atoms with Gasteiger partial charge < -0.3 is 10.6 Å². The normalized spacial score (nSPS) is 13.5. The molecule has 0 spiro atoms. The van der Waals surface area contributed by atoms with E-state index in [0.717, 1.165) is 4.90 Å². The molecule has 32 heavy (non-hydrogen) atoms. The molecule has 160 valence electrons. The molecule has 1 heterocycles. The van der Waals surface area contributed by atoms with Crippen molar-refractivity contribution >= 4 is 69.6 Å². The van der Waals surface area contributed by atoms with Crippen molar-refractivity contribution in [2.45, 2.75) is 0 Å². The smallest absolute Gasteiger partial charge is 0.283 e. The largest absolute Gasteiger partial charge is 0.350 e. The number of carbonyl (C=O) groups excluding carboxylic acids is 3. The number of halogens is 3. The summed E-state index contributed by atoms with van der Waals surface area (Å²) in [5, 5.41) is 5.84. The number of benzene rings is 3. The van der Waals surface area contributed by atoms with E-state index in [1.165, 1.54) is 12.1 Å². The molecule has 3 amide bonds. The van der Waals surface area contributed by atoms with Gasteiger partial charge in [-0.3, -0.25) is 14.4 Å². The Morgan fingerprint density at radius 3 is 2.16 bits per heavy atom. The van der Waals surface area contributed by atoms with Crippen molar-refractivity contribution in [3.05, 3.63) is 99.1 Å². The highest BCUT2D eigenvalue weighted by atomic mass is 35.5. The van der Waals surface area contributed by atoms with E-state index >= 15 is 0 Å². The summed E-state index contributed by atoms with van der Waals surface area (Å²) in [5.41, 5.74) is 1.59. The van der Waals surface area contributed by atoms with Gasteiger partial charge in [0, 0.05) is 22.0 Å². The molecule has 1 aliphatic rings. The molecule has 3 aromatic rings. The highest BCUT2D eigenvalue weighted by Gasteiger charge is 2.40. The van der Waals surface area contributed by atoms with Crippen LogP contribution in [-0.4, -0.2) is 17.7 Å². The zero-order valence-electron chi connectivity index (χ0n) is 16.2. The van der Waals surface area contributed by atoms with Crippen molar-refractivity contribution in [1.82, 2.24) is 0 Å². The van der Waals surface area contributed by atoms with Crippen molar-refractivity contribution in [2.75, 3.05) is 15.5 Å². The third-order valence-electron chi connectivity index (χ3n) is 4.62. The Morgan fingerprint density at radius 1 is 0.781 bits per heavy atom. The van der Waals surface area contributed by atoms with Crippen molar-refractivity contribution in [3.63, 3.8) is 0 Å². The van der Waals surface area contributed by atoms with E-state index in [1.807, 2.05) is 18.2 Å². The van der Waals surface area contributed by atoms with Gasteiger partial charge in [0.1, 0.15) is 10.7 Å². The van der Waals surface area contributed by atoms with Gasteiger partial charge in [-0.15, -0.1) is 0 Å². The summed E-state index contributed by atoms with van der Waals surface area (Å²) in [4.78, 5) is 38.8.